The molecule has 0 amide bonds. The number of rotatable bonds is 3. The van der Waals surface area contributed by atoms with Gasteiger partial charge >= 0.3 is 0 Å². The van der Waals surface area contributed by atoms with E-state index in [-0.39, 0.29) is 0 Å². The Morgan fingerprint density at radius 1 is 1.43 bits per heavy atom. The molecule has 0 saturated heterocycles. The molecule has 0 saturated carbocycles. The summed E-state index contributed by atoms with van der Waals surface area (Å²) in [6.07, 6.45) is 6.79. The van der Waals surface area contributed by atoms with E-state index in [1.165, 1.54) is 5.56 Å². The summed E-state index contributed by atoms with van der Waals surface area (Å²) in [5.41, 5.74) is 3.28. The third-order valence-corrected chi connectivity index (χ3v) is 2.26. The monoisotopic (exact) mass is 190 g/mol. The van der Waals surface area contributed by atoms with E-state index < -0.39 is 0 Å². The SMILES string of the molecule is CCc1cnc2c(CNC)cnn2c1. The van der Waals surface area contributed by atoms with Crippen LogP contribution in [0.15, 0.2) is 18.6 Å². The standard InChI is InChI=1S/C10H14N4/c1-3-8-4-12-10-9(5-11-2)6-13-14(10)7-8/h4,6-7,11H,3,5H2,1-2H3. The van der Waals surface area contributed by atoms with Crippen molar-refractivity contribution in [3.05, 3.63) is 29.7 Å². The van der Waals surface area contributed by atoms with Crippen molar-refractivity contribution < 1.29 is 0 Å². The van der Waals surface area contributed by atoms with Crippen molar-refractivity contribution in [3.63, 3.8) is 0 Å². The van der Waals surface area contributed by atoms with Gasteiger partial charge in [0.05, 0.1) is 6.20 Å². The summed E-state index contributed by atoms with van der Waals surface area (Å²) in [6.45, 7) is 2.92. The maximum absolute atomic E-state index is 4.39. The number of fused-ring (bicyclic) bond motifs is 1. The number of nitrogens with one attached hydrogen (secondary N) is 1. The van der Waals surface area contributed by atoms with E-state index in [0.717, 1.165) is 24.2 Å². The fourth-order valence-corrected chi connectivity index (χ4v) is 1.46. The maximum atomic E-state index is 4.39. The van der Waals surface area contributed by atoms with Gasteiger partial charge in [0.2, 0.25) is 0 Å². The van der Waals surface area contributed by atoms with E-state index in [2.05, 4.69) is 22.3 Å². The average Bonchev–Trinajstić information content (AvgIpc) is 2.61. The first kappa shape index (κ1) is 9.15. The van der Waals surface area contributed by atoms with Crippen LogP contribution < -0.4 is 5.32 Å². The molecule has 0 radical (unpaired) electrons. The third-order valence-electron chi connectivity index (χ3n) is 2.26. The summed E-state index contributed by atoms with van der Waals surface area (Å²) in [5.74, 6) is 0. The summed E-state index contributed by atoms with van der Waals surface area (Å²) in [6, 6.07) is 0. The number of aromatic nitrogens is 3. The molecule has 0 spiro atoms. The lowest BCUT2D eigenvalue weighted by Crippen LogP contribution is -2.05. The largest absolute Gasteiger partial charge is 0.315 e. The zero-order chi connectivity index (χ0) is 9.97. The highest BCUT2D eigenvalue weighted by atomic mass is 15.2. The molecule has 0 fully saturated rings. The van der Waals surface area contributed by atoms with Gasteiger partial charge in [-0.3, -0.25) is 0 Å². The molecule has 2 aromatic rings. The van der Waals surface area contributed by atoms with Crippen LogP contribution in [0.25, 0.3) is 5.65 Å². The van der Waals surface area contributed by atoms with E-state index >= 15 is 0 Å². The van der Waals surface area contributed by atoms with Gasteiger partial charge in [-0.25, -0.2) is 9.50 Å². The van der Waals surface area contributed by atoms with Gasteiger partial charge < -0.3 is 5.32 Å². The summed E-state index contributed by atoms with van der Waals surface area (Å²) in [5, 5.41) is 7.36. The first-order valence-corrected chi connectivity index (χ1v) is 4.81. The van der Waals surface area contributed by atoms with Crippen LogP contribution in [0, 0.1) is 0 Å². The minimum atomic E-state index is 0.808. The number of hydrogen-bond acceptors (Lipinski definition) is 3. The zero-order valence-corrected chi connectivity index (χ0v) is 8.49. The Balaban J connectivity index is 2.48. The van der Waals surface area contributed by atoms with Gasteiger partial charge in [-0.1, -0.05) is 6.92 Å². The summed E-state index contributed by atoms with van der Waals surface area (Å²) >= 11 is 0. The number of nitrogens with zero attached hydrogens (tertiary/aromatic N) is 3. The maximum Gasteiger partial charge on any atom is 0.159 e. The van der Waals surface area contributed by atoms with E-state index in [1.54, 1.807) is 0 Å². The lowest BCUT2D eigenvalue weighted by molar-refractivity contribution is 0.821. The molecule has 0 aliphatic rings. The second kappa shape index (κ2) is 3.75. The van der Waals surface area contributed by atoms with Gasteiger partial charge in [0, 0.05) is 24.5 Å². The van der Waals surface area contributed by atoms with Gasteiger partial charge in [0.25, 0.3) is 0 Å². The van der Waals surface area contributed by atoms with Gasteiger partial charge in [-0.05, 0) is 19.0 Å². The highest BCUT2D eigenvalue weighted by Gasteiger charge is 2.03. The minimum Gasteiger partial charge on any atom is -0.315 e. The van der Waals surface area contributed by atoms with Crippen molar-refractivity contribution in [3.8, 4) is 0 Å². The predicted molar refractivity (Wildman–Crippen MR) is 55.1 cm³/mol. The molecule has 0 unspecified atom stereocenters. The molecule has 4 heteroatoms. The van der Waals surface area contributed by atoms with Crippen molar-refractivity contribution in [2.24, 2.45) is 0 Å². The minimum absolute atomic E-state index is 0.808. The second-order valence-corrected chi connectivity index (χ2v) is 3.28. The fraction of sp³-hybridized carbons (Fsp3) is 0.400. The van der Waals surface area contributed by atoms with Crippen LogP contribution in [0.4, 0.5) is 0 Å². The molecule has 0 atom stereocenters. The third kappa shape index (κ3) is 1.48. The molecule has 0 aliphatic heterocycles. The molecule has 0 aromatic carbocycles. The quantitative estimate of drug-likeness (QED) is 0.785. The lowest BCUT2D eigenvalue weighted by atomic mass is 10.3. The summed E-state index contributed by atoms with van der Waals surface area (Å²) < 4.78 is 1.84. The molecule has 1 N–H and O–H groups in total. The van der Waals surface area contributed by atoms with Gasteiger partial charge in [-0.2, -0.15) is 5.10 Å². The smallest absolute Gasteiger partial charge is 0.159 e. The Bertz CT molecular complexity index is 433. The van der Waals surface area contributed by atoms with Crippen LogP contribution in [0.3, 0.4) is 0 Å². The van der Waals surface area contributed by atoms with Crippen molar-refractivity contribution in [1.29, 1.82) is 0 Å². The summed E-state index contributed by atoms with van der Waals surface area (Å²) in [7, 11) is 1.92. The molecule has 0 bridgehead atoms. The van der Waals surface area contributed by atoms with Crippen LogP contribution in [0.5, 0.6) is 0 Å². The van der Waals surface area contributed by atoms with Gasteiger partial charge in [0.15, 0.2) is 5.65 Å². The van der Waals surface area contributed by atoms with Crippen molar-refractivity contribution in [2.45, 2.75) is 19.9 Å². The highest BCUT2D eigenvalue weighted by Crippen LogP contribution is 2.08. The van der Waals surface area contributed by atoms with E-state index in [1.807, 2.05) is 30.2 Å². The molecule has 74 valence electrons. The molecular formula is C10H14N4. The zero-order valence-electron chi connectivity index (χ0n) is 8.49. The Morgan fingerprint density at radius 3 is 3.00 bits per heavy atom. The first-order chi connectivity index (χ1) is 6.85. The van der Waals surface area contributed by atoms with Crippen LogP contribution in [0.1, 0.15) is 18.1 Å². The second-order valence-electron chi connectivity index (χ2n) is 3.28. The lowest BCUT2D eigenvalue weighted by Gasteiger charge is -1.99. The molecule has 14 heavy (non-hydrogen) atoms. The van der Waals surface area contributed by atoms with Crippen LogP contribution >= 0.6 is 0 Å². The molecule has 2 heterocycles. The first-order valence-electron chi connectivity index (χ1n) is 4.81. The molecular weight excluding hydrogens is 176 g/mol. The van der Waals surface area contributed by atoms with Crippen LogP contribution in [0.2, 0.25) is 0 Å². The van der Waals surface area contributed by atoms with Crippen molar-refractivity contribution in [1.82, 2.24) is 19.9 Å². The predicted octanol–water partition coefficient (Wildman–Crippen LogP) is 1.01. The molecule has 4 nitrogen and oxygen atoms in total. The average molecular weight is 190 g/mol. The number of aryl methyl sites for hydroxylation is 1. The molecule has 2 rings (SSSR count). The Hall–Kier alpha value is -1.42. The Morgan fingerprint density at radius 2 is 2.29 bits per heavy atom. The number of hydrogen-bond donors (Lipinski definition) is 1. The van der Waals surface area contributed by atoms with E-state index in [0.29, 0.717) is 0 Å². The normalized spacial score (nSPS) is 11.0. The summed E-state index contributed by atoms with van der Waals surface area (Å²) in [4.78, 5) is 4.39. The van der Waals surface area contributed by atoms with Crippen molar-refractivity contribution >= 4 is 5.65 Å². The topological polar surface area (TPSA) is 42.2 Å². The van der Waals surface area contributed by atoms with Crippen LogP contribution in [-0.4, -0.2) is 21.6 Å². The van der Waals surface area contributed by atoms with Crippen molar-refractivity contribution in [2.75, 3.05) is 7.05 Å². The Labute approximate surface area is 83.0 Å². The van der Waals surface area contributed by atoms with Gasteiger partial charge in [0.1, 0.15) is 0 Å². The van der Waals surface area contributed by atoms with Crippen LogP contribution in [-0.2, 0) is 13.0 Å². The molecule has 0 aliphatic carbocycles. The Kier molecular flexibility index (Phi) is 2.45. The van der Waals surface area contributed by atoms with E-state index in [4.69, 9.17) is 0 Å². The fourth-order valence-electron chi connectivity index (χ4n) is 1.46. The molecule has 2 aromatic heterocycles. The van der Waals surface area contributed by atoms with E-state index in [9.17, 15) is 0 Å². The highest BCUT2D eigenvalue weighted by molar-refractivity contribution is 5.46. The van der Waals surface area contributed by atoms with Gasteiger partial charge in [-0.15, -0.1) is 0 Å².